The molecule has 1 aromatic carbocycles. The van der Waals surface area contributed by atoms with Gasteiger partial charge in [0, 0.05) is 25.2 Å². The number of hydrogen-bond donors (Lipinski definition) is 1. The number of carboxylic acids is 1. The molecule has 0 saturated heterocycles. The van der Waals surface area contributed by atoms with Gasteiger partial charge in [0.2, 0.25) is 10.0 Å². The second kappa shape index (κ2) is 6.19. The Balaban J connectivity index is 3.11. The lowest BCUT2D eigenvalue weighted by Gasteiger charge is -2.19. The molecule has 0 aliphatic rings. The third-order valence-electron chi connectivity index (χ3n) is 3.03. The van der Waals surface area contributed by atoms with Gasteiger partial charge in [-0.1, -0.05) is 6.92 Å². The first kappa shape index (κ1) is 17.1. The lowest BCUT2D eigenvalue weighted by atomic mass is 10.2. The molecule has 0 saturated carbocycles. The van der Waals surface area contributed by atoms with Crippen molar-refractivity contribution in [2.24, 2.45) is 5.92 Å². The molecule has 1 N–H and O–H groups in total. The van der Waals surface area contributed by atoms with Crippen molar-refractivity contribution in [3.8, 4) is 0 Å². The van der Waals surface area contributed by atoms with E-state index in [0.29, 0.717) is 0 Å². The number of aliphatic carboxylic acids is 1. The van der Waals surface area contributed by atoms with Gasteiger partial charge in [-0.3, -0.25) is 14.9 Å². The molecule has 0 aliphatic carbocycles. The van der Waals surface area contributed by atoms with Crippen LogP contribution in [0.25, 0.3) is 0 Å². The lowest BCUT2D eigenvalue weighted by molar-refractivity contribution is -0.385. The van der Waals surface area contributed by atoms with Crippen LogP contribution in [-0.4, -0.2) is 42.3 Å². The third-order valence-corrected chi connectivity index (χ3v) is 4.85. The average molecular weight is 316 g/mol. The third kappa shape index (κ3) is 3.76. The molecule has 9 heteroatoms. The van der Waals surface area contributed by atoms with Crippen molar-refractivity contribution in [3.63, 3.8) is 0 Å². The molecule has 0 aliphatic heterocycles. The molecule has 0 heterocycles. The summed E-state index contributed by atoms with van der Waals surface area (Å²) in [5.74, 6) is -1.96. The summed E-state index contributed by atoms with van der Waals surface area (Å²) in [5.41, 5.74) is 0.0521. The van der Waals surface area contributed by atoms with E-state index in [1.54, 1.807) is 0 Å². The van der Waals surface area contributed by atoms with E-state index in [0.717, 1.165) is 16.4 Å². The predicted octanol–water partition coefficient (Wildman–Crippen LogP) is 1.24. The van der Waals surface area contributed by atoms with Gasteiger partial charge in [-0.15, -0.1) is 0 Å². The Morgan fingerprint density at radius 1 is 1.48 bits per heavy atom. The van der Waals surface area contributed by atoms with Gasteiger partial charge in [0.05, 0.1) is 15.7 Å². The van der Waals surface area contributed by atoms with Gasteiger partial charge in [-0.25, -0.2) is 12.7 Å². The molecule has 0 amide bonds. The summed E-state index contributed by atoms with van der Waals surface area (Å²) >= 11 is 0. The summed E-state index contributed by atoms with van der Waals surface area (Å²) in [7, 11) is -2.62. The van der Waals surface area contributed by atoms with Crippen molar-refractivity contribution in [2.75, 3.05) is 13.6 Å². The Hall–Kier alpha value is -2.00. The zero-order valence-electron chi connectivity index (χ0n) is 11.8. The Morgan fingerprint density at radius 2 is 2.05 bits per heavy atom. The SMILES string of the molecule is Cc1cc(S(=O)(=O)N(C)CC(C)C(=O)O)ccc1[N+](=O)[O-]. The number of nitrogens with zero attached hydrogens (tertiary/aromatic N) is 2. The van der Waals surface area contributed by atoms with Crippen LogP contribution in [0.1, 0.15) is 12.5 Å². The topological polar surface area (TPSA) is 118 Å². The molecule has 0 bridgehead atoms. The van der Waals surface area contributed by atoms with Crippen LogP contribution in [0.5, 0.6) is 0 Å². The van der Waals surface area contributed by atoms with Gasteiger partial charge in [0.15, 0.2) is 0 Å². The summed E-state index contributed by atoms with van der Waals surface area (Å²) < 4.78 is 25.5. The summed E-state index contributed by atoms with van der Waals surface area (Å²) in [6.45, 7) is 2.65. The number of nitro groups is 1. The van der Waals surface area contributed by atoms with Crippen LogP contribution in [0, 0.1) is 23.0 Å². The zero-order valence-corrected chi connectivity index (χ0v) is 12.6. The Labute approximate surface area is 122 Å². The van der Waals surface area contributed by atoms with Crippen molar-refractivity contribution in [3.05, 3.63) is 33.9 Å². The molecular weight excluding hydrogens is 300 g/mol. The largest absolute Gasteiger partial charge is 0.481 e. The first-order valence-electron chi connectivity index (χ1n) is 6.01. The van der Waals surface area contributed by atoms with Gasteiger partial charge in [-0.05, 0) is 19.1 Å². The molecule has 8 nitrogen and oxygen atoms in total. The van der Waals surface area contributed by atoms with E-state index >= 15 is 0 Å². The minimum Gasteiger partial charge on any atom is -0.481 e. The monoisotopic (exact) mass is 316 g/mol. The lowest BCUT2D eigenvalue weighted by Crippen LogP contribution is -2.33. The van der Waals surface area contributed by atoms with Gasteiger partial charge < -0.3 is 5.11 Å². The van der Waals surface area contributed by atoms with E-state index in [1.165, 1.54) is 27.0 Å². The fourth-order valence-corrected chi connectivity index (χ4v) is 3.08. The van der Waals surface area contributed by atoms with Crippen LogP contribution in [0.15, 0.2) is 23.1 Å². The van der Waals surface area contributed by atoms with Crippen LogP contribution in [0.2, 0.25) is 0 Å². The molecule has 1 unspecified atom stereocenters. The number of nitro benzene ring substituents is 1. The number of benzene rings is 1. The number of carboxylic acid groups (broad SMARTS) is 1. The zero-order chi connectivity index (χ0) is 16.4. The minimum atomic E-state index is -3.89. The molecule has 1 aromatic rings. The minimum absolute atomic E-state index is 0.106. The summed E-state index contributed by atoms with van der Waals surface area (Å²) in [5, 5.41) is 19.5. The average Bonchev–Trinajstić information content (AvgIpc) is 2.37. The smallest absolute Gasteiger partial charge is 0.307 e. The van der Waals surface area contributed by atoms with Crippen molar-refractivity contribution in [1.82, 2.24) is 4.31 Å². The van der Waals surface area contributed by atoms with Crippen LogP contribution in [-0.2, 0) is 14.8 Å². The molecule has 116 valence electrons. The number of sulfonamides is 1. The summed E-state index contributed by atoms with van der Waals surface area (Å²) in [6.07, 6.45) is 0. The van der Waals surface area contributed by atoms with Crippen LogP contribution in [0.3, 0.4) is 0 Å². The fourth-order valence-electron chi connectivity index (χ4n) is 1.74. The van der Waals surface area contributed by atoms with Crippen molar-refractivity contribution >= 4 is 21.7 Å². The molecule has 1 rings (SSSR count). The van der Waals surface area contributed by atoms with E-state index in [9.17, 15) is 23.3 Å². The van der Waals surface area contributed by atoms with E-state index in [2.05, 4.69) is 0 Å². The van der Waals surface area contributed by atoms with Gasteiger partial charge in [0.25, 0.3) is 5.69 Å². The molecule has 0 radical (unpaired) electrons. The maximum atomic E-state index is 12.3. The normalized spacial score (nSPS) is 13.1. The second-order valence-corrected chi connectivity index (χ2v) is 6.78. The second-order valence-electron chi connectivity index (χ2n) is 4.73. The predicted molar refractivity (Wildman–Crippen MR) is 74.4 cm³/mol. The maximum absolute atomic E-state index is 12.3. The number of carbonyl (C=O) groups is 1. The number of rotatable bonds is 6. The number of aryl methyl sites for hydroxylation is 1. The standard InChI is InChI=1S/C12H16N2O6S/c1-8-6-10(4-5-11(8)14(17)18)21(19,20)13(3)7-9(2)12(15)16/h4-6,9H,7H2,1-3H3,(H,15,16). The van der Waals surface area contributed by atoms with E-state index < -0.39 is 26.8 Å². The summed E-state index contributed by atoms with van der Waals surface area (Å²) in [4.78, 5) is 20.8. The van der Waals surface area contributed by atoms with Crippen LogP contribution >= 0.6 is 0 Å². The molecule has 0 spiro atoms. The first-order valence-corrected chi connectivity index (χ1v) is 7.45. The Kier molecular flexibility index (Phi) is 5.02. The highest BCUT2D eigenvalue weighted by Gasteiger charge is 2.26. The highest BCUT2D eigenvalue weighted by Crippen LogP contribution is 2.23. The van der Waals surface area contributed by atoms with Gasteiger partial charge in [0.1, 0.15) is 0 Å². The fraction of sp³-hybridized carbons (Fsp3) is 0.417. The first-order chi connectivity index (χ1) is 9.57. The molecule has 0 aromatic heterocycles. The Morgan fingerprint density at radius 3 is 2.48 bits per heavy atom. The van der Waals surface area contributed by atoms with Crippen molar-refractivity contribution in [1.29, 1.82) is 0 Å². The van der Waals surface area contributed by atoms with Gasteiger partial charge >= 0.3 is 5.97 Å². The van der Waals surface area contributed by atoms with Crippen LogP contribution < -0.4 is 0 Å². The van der Waals surface area contributed by atoms with Gasteiger partial charge in [-0.2, -0.15) is 0 Å². The van der Waals surface area contributed by atoms with Crippen molar-refractivity contribution in [2.45, 2.75) is 18.7 Å². The quantitative estimate of drug-likeness (QED) is 0.623. The molecular formula is C12H16N2O6S. The van der Waals surface area contributed by atoms with E-state index in [4.69, 9.17) is 5.11 Å². The van der Waals surface area contributed by atoms with E-state index in [1.807, 2.05) is 0 Å². The Bertz CT molecular complexity index is 670. The highest BCUT2D eigenvalue weighted by atomic mass is 32.2. The summed E-state index contributed by atoms with van der Waals surface area (Å²) in [6, 6.07) is 3.47. The van der Waals surface area contributed by atoms with E-state index in [-0.39, 0.29) is 22.7 Å². The number of hydrogen-bond acceptors (Lipinski definition) is 5. The van der Waals surface area contributed by atoms with Crippen molar-refractivity contribution < 1.29 is 23.2 Å². The molecule has 21 heavy (non-hydrogen) atoms. The highest BCUT2D eigenvalue weighted by molar-refractivity contribution is 7.89. The molecule has 1 atom stereocenters. The maximum Gasteiger partial charge on any atom is 0.307 e. The van der Waals surface area contributed by atoms with Crippen LogP contribution in [0.4, 0.5) is 5.69 Å². The molecule has 0 fully saturated rings.